The fraction of sp³-hybridized carbons (Fsp3) is 0.485. The van der Waals surface area contributed by atoms with E-state index in [-0.39, 0.29) is 25.0 Å². The van der Waals surface area contributed by atoms with Crippen LogP contribution in [0.15, 0.2) is 48.5 Å². The van der Waals surface area contributed by atoms with Gasteiger partial charge in [0.2, 0.25) is 17.7 Å². The van der Waals surface area contributed by atoms with Gasteiger partial charge in [-0.15, -0.1) is 0 Å². The molecule has 0 aromatic heterocycles. The van der Waals surface area contributed by atoms with Crippen LogP contribution in [-0.2, 0) is 35.1 Å². The van der Waals surface area contributed by atoms with Crippen LogP contribution in [0.4, 0.5) is 4.79 Å². The molecule has 0 saturated carbocycles. The highest BCUT2D eigenvalue weighted by Gasteiger charge is 2.37. The molecule has 246 valence electrons. The number of carbonyl (C=O) groups is 5. The van der Waals surface area contributed by atoms with Crippen molar-refractivity contribution in [3.63, 3.8) is 0 Å². The molecule has 12 nitrogen and oxygen atoms in total. The predicted molar refractivity (Wildman–Crippen MR) is 168 cm³/mol. The first-order chi connectivity index (χ1) is 20.8. The van der Waals surface area contributed by atoms with Crippen molar-refractivity contribution < 1.29 is 38.6 Å². The normalized spacial score (nSPS) is 13.5. The molecule has 12 heteroatoms. The maximum atomic E-state index is 14.1. The van der Waals surface area contributed by atoms with Crippen LogP contribution >= 0.6 is 0 Å². The van der Waals surface area contributed by atoms with Crippen LogP contribution in [0.2, 0.25) is 0 Å². The van der Waals surface area contributed by atoms with E-state index >= 15 is 0 Å². The minimum Gasteiger partial charge on any atom is -0.508 e. The Balaban J connectivity index is 2.52. The molecule has 0 aliphatic carbocycles. The number of benzene rings is 2. The first-order valence-electron chi connectivity index (χ1n) is 14.7. The van der Waals surface area contributed by atoms with Crippen LogP contribution in [-0.4, -0.2) is 70.1 Å². The molecule has 2 aromatic rings. The molecule has 0 spiro atoms. The minimum absolute atomic E-state index is 0.0199. The standard InChI is InChI=1S/C33H46N4O8/c1-20-18-22(14-16-25(20)38)27(37(8)29(41)23(15-17-26(34)39)36-31(43)45-33(5,6)7)28(40)35-24(30(42)44-32(2,3)4)19-21-12-10-9-11-13-21/h9-14,16,18,23-24,27,38H,15,17,19H2,1-8H3,(H2,34,39)(H,35,40)(H,36,43). The van der Waals surface area contributed by atoms with Crippen LogP contribution in [0.1, 0.15) is 77.1 Å². The average molecular weight is 627 g/mol. The van der Waals surface area contributed by atoms with Gasteiger partial charge in [0, 0.05) is 19.9 Å². The van der Waals surface area contributed by atoms with E-state index in [1.54, 1.807) is 54.5 Å². The topological polar surface area (TPSA) is 177 Å². The van der Waals surface area contributed by atoms with E-state index in [4.69, 9.17) is 15.2 Å². The number of hydrogen-bond acceptors (Lipinski definition) is 8. The highest BCUT2D eigenvalue weighted by Crippen LogP contribution is 2.27. The van der Waals surface area contributed by atoms with E-state index in [1.165, 1.54) is 19.2 Å². The first-order valence-corrected chi connectivity index (χ1v) is 14.7. The summed E-state index contributed by atoms with van der Waals surface area (Å²) in [6, 6.07) is 9.76. The van der Waals surface area contributed by atoms with Crippen LogP contribution in [0, 0.1) is 6.92 Å². The van der Waals surface area contributed by atoms with E-state index in [9.17, 15) is 29.1 Å². The molecule has 0 saturated heterocycles. The van der Waals surface area contributed by atoms with Crippen molar-refractivity contribution in [1.82, 2.24) is 15.5 Å². The largest absolute Gasteiger partial charge is 0.508 e. The van der Waals surface area contributed by atoms with Crippen molar-refractivity contribution in [1.29, 1.82) is 0 Å². The van der Waals surface area contributed by atoms with E-state index in [1.807, 2.05) is 30.3 Å². The van der Waals surface area contributed by atoms with Gasteiger partial charge in [-0.05, 0) is 83.7 Å². The summed E-state index contributed by atoms with van der Waals surface area (Å²) in [4.78, 5) is 66.6. The molecular formula is C33H46N4O8. The highest BCUT2D eigenvalue weighted by atomic mass is 16.6. The Hall–Kier alpha value is -4.61. The van der Waals surface area contributed by atoms with Crippen molar-refractivity contribution in [3.8, 4) is 5.75 Å². The van der Waals surface area contributed by atoms with Gasteiger partial charge >= 0.3 is 12.1 Å². The van der Waals surface area contributed by atoms with Crippen LogP contribution in [0.5, 0.6) is 5.75 Å². The molecule has 2 aromatic carbocycles. The van der Waals surface area contributed by atoms with Gasteiger partial charge in [0.05, 0.1) is 0 Å². The zero-order chi connectivity index (χ0) is 34.1. The molecule has 4 amide bonds. The summed E-state index contributed by atoms with van der Waals surface area (Å²) in [6.45, 7) is 11.7. The maximum absolute atomic E-state index is 14.1. The highest BCUT2D eigenvalue weighted by molar-refractivity contribution is 5.94. The molecule has 0 aliphatic rings. The average Bonchev–Trinajstić information content (AvgIpc) is 2.90. The Morgan fingerprint density at radius 3 is 2.02 bits per heavy atom. The smallest absolute Gasteiger partial charge is 0.408 e. The number of alkyl carbamates (subject to hydrolysis) is 1. The van der Waals surface area contributed by atoms with Crippen LogP contribution in [0.3, 0.4) is 0 Å². The van der Waals surface area contributed by atoms with Gasteiger partial charge in [-0.2, -0.15) is 0 Å². The Labute approximate surface area is 264 Å². The summed E-state index contributed by atoms with van der Waals surface area (Å²) in [7, 11) is 1.36. The molecule has 0 radical (unpaired) electrons. The third-order valence-electron chi connectivity index (χ3n) is 6.48. The lowest BCUT2D eigenvalue weighted by atomic mass is 9.99. The lowest BCUT2D eigenvalue weighted by Gasteiger charge is -2.33. The Kier molecular flexibility index (Phi) is 12.5. The second kappa shape index (κ2) is 15.4. The molecular weight excluding hydrogens is 580 g/mol. The Morgan fingerprint density at radius 2 is 1.49 bits per heavy atom. The van der Waals surface area contributed by atoms with Crippen molar-refractivity contribution in [2.45, 2.75) is 97.1 Å². The monoisotopic (exact) mass is 626 g/mol. The quantitative estimate of drug-likeness (QED) is 0.259. The molecule has 0 bridgehead atoms. The number of phenols is 1. The minimum atomic E-state index is -1.32. The van der Waals surface area contributed by atoms with Gasteiger partial charge in [-0.25, -0.2) is 9.59 Å². The summed E-state index contributed by atoms with van der Waals surface area (Å²) in [5, 5.41) is 15.4. The van der Waals surface area contributed by atoms with Crippen molar-refractivity contribution in [2.24, 2.45) is 5.73 Å². The first kappa shape index (κ1) is 36.6. The van der Waals surface area contributed by atoms with E-state index in [0.717, 1.165) is 10.5 Å². The summed E-state index contributed by atoms with van der Waals surface area (Å²) < 4.78 is 10.9. The molecule has 0 fully saturated rings. The SMILES string of the molecule is Cc1cc(C(C(=O)NC(Cc2ccccc2)C(=O)OC(C)(C)C)N(C)C(=O)C(CCC(N)=O)NC(=O)OC(C)(C)C)ccc1O. The summed E-state index contributed by atoms with van der Waals surface area (Å²) in [5.74, 6) is -2.81. The van der Waals surface area contributed by atoms with Gasteiger partial charge in [-0.3, -0.25) is 14.4 Å². The fourth-order valence-electron chi connectivity index (χ4n) is 4.43. The number of rotatable bonds is 12. The number of nitrogens with zero attached hydrogens (tertiary/aromatic N) is 1. The van der Waals surface area contributed by atoms with Gasteiger partial charge in [0.15, 0.2) is 0 Å². The molecule has 0 aliphatic heterocycles. The number of carbonyl (C=O) groups excluding carboxylic acids is 5. The van der Waals surface area contributed by atoms with Crippen LogP contribution in [0.25, 0.3) is 0 Å². The number of nitrogens with two attached hydrogens (primary N) is 1. The second-order valence-corrected chi connectivity index (χ2v) is 12.9. The third-order valence-corrected chi connectivity index (χ3v) is 6.48. The van der Waals surface area contributed by atoms with Crippen molar-refractivity contribution >= 4 is 29.8 Å². The number of phenolic OH excluding ortho intramolecular Hbond substituents is 1. The van der Waals surface area contributed by atoms with Gasteiger partial charge < -0.3 is 35.8 Å². The summed E-state index contributed by atoms with van der Waals surface area (Å²) in [6.07, 6.45) is -1.17. The molecule has 5 N–H and O–H groups in total. The fourth-order valence-corrected chi connectivity index (χ4v) is 4.43. The number of primary amides is 1. The summed E-state index contributed by atoms with van der Waals surface area (Å²) >= 11 is 0. The van der Waals surface area contributed by atoms with E-state index in [0.29, 0.717) is 11.1 Å². The second-order valence-electron chi connectivity index (χ2n) is 12.9. The van der Waals surface area contributed by atoms with Crippen LogP contribution < -0.4 is 16.4 Å². The molecule has 2 rings (SSSR count). The Morgan fingerprint density at radius 1 is 0.889 bits per heavy atom. The van der Waals surface area contributed by atoms with Crippen molar-refractivity contribution in [2.75, 3.05) is 7.05 Å². The Bertz CT molecular complexity index is 1360. The lowest BCUT2D eigenvalue weighted by Crippen LogP contribution is -2.54. The number of aromatic hydroxyl groups is 1. The van der Waals surface area contributed by atoms with Crippen molar-refractivity contribution in [3.05, 3.63) is 65.2 Å². The number of hydrogen-bond donors (Lipinski definition) is 4. The zero-order valence-corrected chi connectivity index (χ0v) is 27.3. The molecule has 3 atom stereocenters. The number of amides is 4. The van der Waals surface area contributed by atoms with E-state index in [2.05, 4.69) is 10.6 Å². The number of esters is 1. The van der Waals surface area contributed by atoms with Gasteiger partial charge in [-0.1, -0.05) is 36.4 Å². The number of likely N-dealkylation sites (N-methyl/N-ethyl adjacent to an activating group) is 1. The van der Waals surface area contributed by atoms with E-state index < -0.39 is 59.1 Å². The number of aryl methyl sites for hydroxylation is 1. The predicted octanol–water partition coefficient (Wildman–Crippen LogP) is 3.43. The van der Waals surface area contributed by atoms with Gasteiger partial charge in [0.1, 0.15) is 35.1 Å². The zero-order valence-electron chi connectivity index (χ0n) is 27.3. The lowest BCUT2D eigenvalue weighted by molar-refractivity contribution is -0.159. The number of nitrogens with one attached hydrogen (secondary N) is 2. The maximum Gasteiger partial charge on any atom is 0.408 e. The molecule has 45 heavy (non-hydrogen) atoms. The molecule has 3 unspecified atom stereocenters. The third kappa shape index (κ3) is 12.1. The summed E-state index contributed by atoms with van der Waals surface area (Å²) in [5.41, 5.74) is 5.16. The van der Waals surface area contributed by atoms with Gasteiger partial charge in [0.25, 0.3) is 0 Å². The number of ether oxygens (including phenoxy) is 2. The molecule has 0 heterocycles.